The summed E-state index contributed by atoms with van der Waals surface area (Å²) >= 11 is 0. The lowest BCUT2D eigenvalue weighted by molar-refractivity contribution is 0.250. The fraction of sp³-hybridized carbons (Fsp3) is 0.417. The Morgan fingerprint density at radius 1 is 1.00 bits per heavy atom. The van der Waals surface area contributed by atoms with Crippen LogP contribution < -0.4 is 10.6 Å². The van der Waals surface area contributed by atoms with Crippen molar-refractivity contribution in [2.24, 2.45) is 11.7 Å². The zero-order valence-corrected chi connectivity index (χ0v) is 18.8. The van der Waals surface area contributed by atoms with Gasteiger partial charge in [0.05, 0.1) is 0 Å². The molecule has 1 heterocycles. The standard InChI is InChI=1S/C24H31N3.2ClH/c1-19(25)24-12-11-23(17-22(24)10-9-20-7-8-20)27-15-13-26(14-16-27)18-21-5-3-2-4-6-21;;/h2-6,9-12,17,19-20H,7-8,13-16,18,25H2,1H3;2*1H/b10-9+;;/t19-;;/m0../s1. The molecule has 29 heavy (non-hydrogen) atoms. The van der Waals surface area contributed by atoms with E-state index in [9.17, 15) is 0 Å². The Morgan fingerprint density at radius 3 is 2.31 bits per heavy atom. The summed E-state index contributed by atoms with van der Waals surface area (Å²) in [6.45, 7) is 7.50. The normalized spacial score (nSPS) is 18.2. The van der Waals surface area contributed by atoms with Crippen molar-refractivity contribution in [1.29, 1.82) is 0 Å². The molecule has 2 aromatic rings. The summed E-state index contributed by atoms with van der Waals surface area (Å²) in [7, 11) is 0. The number of hydrogen-bond acceptors (Lipinski definition) is 3. The van der Waals surface area contributed by atoms with Gasteiger partial charge < -0.3 is 10.6 Å². The number of anilines is 1. The zero-order valence-electron chi connectivity index (χ0n) is 17.2. The minimum atomic E-state index is 0. The van der Waals surface area contributed by atoms with Crippen LogP contribution in [0.3, 0.4) is 0 Å². The predicted molar refractivity (Wildman–Crippen MR) is 129 cm³/mol. The maximum absolute atomic E-state index is 6.20. The van der Waals surface area contributed by atoms with Gasteiger partial charge in [0.1, 0.15) is 0 Å². The zero-order chi connectivity index (χ0) is 18.6. The van der Waals surface area contributed by atoms with Gasteiger partial charge in [0.15, 0.2) is 0 Å². The molecule has 0 unspecified atom stereocenters. The summed E-state index contributed by atoms with van der Waals surface area (Å²) in [5.74, 6) is 0.788. The maximum atomic E-state index is 6.20. The SMILES string of the molecule is C[C@H](N)c1ccc(N2CCN(Cc3ccccc3)CC2)cc1/C=C/C1CC1.Cl.Cl. The molecule has 0 radical (unpaired) electrons. The molecule has 158 valence electrons. The lowest BCUT2D eigenvalue weighted by atomic mass is 9.99. The quantitative estimate of drug-likeness (QED) is 0.670. The molecule has 1 saturated carbocycles. The van der Waals surface area contributed by atoms with E-state index in [1.807, 2.05) is 0 Å². The lowest BCUT2D eigenvalue weighted by Gasteiger charge is -2.36. The summed E-state index contributed by atoms with van der Waals surface area (Å²) in [4.78, 5) is 5.07. The molecular formula is C24H33Cl2N3. The highest BCUT2D eigenvalue weighted by Crippen LogP contribution is 2.32. The summed E-state index contributed by atoms with van der Waals surface area (Å²) in [5, 5.41) is 0. The van der Waals surface area contributed by atoms with Crippen LogP contribution in [0.2, 0.25) is 0 Å². The first kappa shape index (κ1) is 23.8. The minimum absolute atomic E-state index is 0. The van der Waals surface area contributed by atoms with Crippen LogP contribution in [0.1, 0.15) is 42.5 Å². The monoisotopic (exact) mass is 433 g/mol. The average molecular weight is 434 g/mol. The van der Waals surface area contributed by atoms with Crippen molar-refractivity contribution >= 4 is 36.6 Å². The lowest BCUT2D eigenvalue weighted by Crippen LogP contribution is -2.46. The highest BCUT2D eigenvalue weighted by molar-refractivity contribution is 5.85. The summed E-state index contributed by atoms with van der Waals surface area (Å²) in [6, 6.07) is 17.7. The molecule has 0 amide bonds. The second-order valence-electron chi connectivity index (χ2n) is 8.05. The second-order valence-corrected chi connectivity index (χ2v) is 8.05. The first-order valence-corrected chi connectivity index (χ1v) is 10.3. The third kappa shape index (κ3) is 6.48. The van der Waals surface area contributed by atoms with Crippen LogP contribution in [0, 0.1) is 5.92 Å². The number of rotatable bonds is 6. The van der Waals surface area contributed by atoms with Gasteiger partial charge >= 0.3 is 0 Å². The Morgan fingerprint density at radius 2 is 1.69 bits per heavy atom. The van der Waals surface area contributed by atoms with E-state index in [0.717, 1.165) is 38.6 Å². The van der Waals surface area contributed by atoms with Gasteiger partial charge in [-0.1, -0.05) is 48.6 Å². The van der Waals surface area contributed by atoms with Crippen LogP contribution in [0.25, 0.3) is 6.08 Å². The molecule has 1 atom stereocenters. The van der Waals surface area contributed by atoms with Gasteiger partial charge in [-0.3, -0.25) is 4.90 Å². The Bertz CT molecular complexity index is 780. The van der Waals surface area contributed by atoms with E-state index in [1.165, 1.54) is 35.2 Å². The molecule has 0 aromatic heterocycles. The van der Waals surface area contributed by atoms with Gasteiger partial charge in [-0.15, -0.1) is 24.8 Å². The summed E-state index contributed by atoms with van der Waals surface area (Å²) in [5.41, 5.74) is 11.5. The van der Waals surface area contributed by atoms with Gasteiger partial charge in [0, 0.05) is 44.5 Å². The number of nitrogens with zero attached hydrogens (tertiary/aromatic N) is 2. The highest BCUT2D eigenvalue weighted by atomic mass is 35.5. The summed E-state index contributed by atoms with van der Waals surface area (Å²) < 4.78 is 0. The van der Waals surface area contributed by atoms with Crippen molar-refractivity contribution in [2.45, 2.75) is 32.4 Å². The number of allylic oxidation sites excluding steroid dienone is 1. The Hall–Kier alpha value is -1.52. The first-order chi connectivity index (χ1) is 13.2. The van der Waals surface area contributed by atoms with E-state index in [1.54, 1.807) is 0 Å². The van der Waals surface area contributed by atoms with Crippen molar-refractivity contribution in [2.75, 3.05) is 31.1 Å². The third-order valence-corrected chi connectivity index (χ3v) is 5.72. The molecule has 0 bridgehead atoms. The van der Waals surface area contributed by atoms with Crippen molar-refractivity contribution in [3.63, 3.8) is 0 Å². The molecular weight excluding hydrogens is 401 g/mol. The van der Waals surface area contributed by atoms with Crippen LogP contribution in [-0.4, -0.2) is 31.1 Å². The Labute approximate surface area is 187 Å². The minimum Gasteiger partial charge on any atom is -0.369 e. The van der Waals surface area contributed by atoms with Crippen LogP contribution in [0.5, 0.6) is 0 Å². The maximum Gasteiger partial charge on any atom is 0.0373 e. The number of nitrogens with two attached hydrogens (primary N) is 1. The highest BCUT2D eigenvalue weighted by Gasteiger charge is 2.20. The second kappa shape index (κ2) is 11.0. The number of benzene rings is 2. The predicted octanol–water partition coefficient (Wildman–Crippen LogP) is 5.30. The molecule has 0 spiro atoms. The molecule has 3 nitrogen and oxygen atoms in total. The smallest absolute Gasteiger partial charge is 0.0373 e. The van der Waals surface area contributed by atoms with Crippen LogP contribution in [0.4, 0.5) is 5.69 Å². The van der Waals surface area contributed by atoms with Crippen LogP contribution >= 0.6 is 24.8 Å². The molecule has 4 rings (SSSR count). The molecule has 1 aliphatic heterocycles. The van der Waals surface area contributed by atoms with Crippen molar-refractivity contribution in [1.82, 2.24) is 4.90 Å². The van der Waals surface area contributed by atoms with Crippen LogP contribution in [-0.2, 0) is 6.54 Å². The largest absolute Gasteiger partial charge is 0.369 e. The van der Waals surface area contributed by atoms with Gasteiger partial charge in [-0.05, 0) is 54.5 Å². The first-order valence-electron chi connectivity index (χ1n) is 10.3. The van der Waals surface area contributed by atoms with E-state index < -0.39 is 0 Å². The Kier molecular flexibility index (Phi) is 9.04. The van der Waals surface area contributed by atoms with Gasteiger partial charge in [0.25, 0.3) is 0 Å². The molecule has 2 N–H and O–H groups in total. The van der Waals surface area contributed by atoms with Crippen molar-refractivity contribution in [3.05, 3.63) is 71.3 Å². The molecule has 1 aliphatic carbocycles. The average Bonchev–Trinajstić information content (AvgIpc) is 3.52. The topological polar surface area (TPSA) is 32.5 Å². The number of hydrogen-bond donors (Lipinski definition) is 1. The van der Waals surface area contributed by atoms with E-state index in [0.29, 0.717) is 0 Å². The van der Waals surface area contributed by atoms with E-state index in [2.05, 4.69) is 77.4 Å². The number of piperazine rings is 1. The fourth-order valence-corrected chi connectivity index (χ4v) is 3.85. The molecule has 1 saturated heterocycles. The molecule has 2 aliphatic rings. The van der Waals surface area contributed by atoms with Crippen LogP contribution in [0.15, 0.2) is 54.6 Å². The fourth-order valence-electron chi connectivity index (χ4n) is 3.85. The molecule has 2 aromatic carbocycles. The third-order valence-electron chi connectivity index (χ3n) is 5.72. The van der Waals surface area contributed by atoms with Crippen molar-refractivity contribution < 1.29 is 0 Å². The molecule has 5 heteroatoms. The van der Waals surface area contributed by atoms with Crippen molar-refractivity contribution in [3.8, 4) is 0 Å². The van der Waals surface area contributed by atoms with Gasteiger partial charge in [-0.25, -0.2) is 0 Å². The van der Waals surface area contributed by atoms with E-state index in [-0.39, 0.29) is 30.9 Å². The molecule has 2 fully saturated rings. The number of halogens is 2. The Balaban J connectivity index is 0.00000150. The van der Waals surface area contributed by atoms with Gasteiger partial charge in [0.2, 0.25) is 0 Å². The van der Waals surface area contributed by atoms with E-state index >= 15 is 0 Å². The van der Waals surface area contributed by atoms with Gasteiger partial charge in [-0.2, -0.15) is 0 Å². The van der Waals surface area contributed by atoms with E-state index in [4.69, 9.17) is 5.73 Å². The summed E-state index contributed by atoms with van der Waals surface area (Å²) in [6.07, 6.45) is 7.34.